The summed E-state index contributed by atoms with van der Waals surface area (Å²) in [5.74, 6) is -0.844. The summed E-state index contributed by atoms with van der Waals surface area (Å²) in [7, 11) is 0. The molecule has 8 nitrogen and oxygen atoms in total. The van der Waals surface area contributed by atoms with E-state index in [1.165, 1.54) is 0 Å². The largest absolute Gasteiger partial charge is 0.445 e. The molecule has 0 aromatic heterocycles. The molecule has 8 heteroatoms. The number of rotatable bonds is 14. The Labute approximate surface area is 235 Å². The molecule has 0 bridgehead atoms. The van der Waals surface area contributed by atoms with E-state index in [9.17, 15) is 19.2 Å². The van der Waals surface area contributed by atoms with Crippen molar-refractivity contribution in [1.82, 2.24) is 16.0 Å². The molecule has 0 aliphatic rings. The van der Waals surface area contributed by atoms with Crippen LogP contribution < -0.4 is 16.0 Å². The molecule has 3 aromatic rings. The summed E-state index contributed by atoms with van der Waals surface area (Å²) in [6.07, 6.45) is 1.77. The van der Waals surface area contributed by atoms with Crippen molar-refractivity contribution in [2.24, 2.45) is 5.92 Å². The second kappa shape index (κ2) is 15.4. The molecule has 3 amide bonds. The van der Waals surface area contributed by atoms with Crippen molar-refractivity contribution in [3.8, 4) is 0 Å². The van der Waals surface area contributed by atoms with Crippen molar-refractivity contribution in [1.29, 1.82) is 0 Å². The van der Waals surface area contributed by atoms with Gasteiger partial charge in [0.1, 0.15) is 25.0 Å². The number of hydrogen-bond acceptors (Lipinski definition) is 5. The van der Waals surface area contributed by atoms with Gasteiger partial charge in [-0.3, -0.25) is 9.59 Å². The molecule has 3 unspecified atom stereocenters. The van der Waals surface area contributed by atoms with Gasteiger partial charge in [0.2, 0.25) is 11.8 Å². The van der Waals surface area contributed by atoms with Gasteiger partial charge in [0.25, 0.3) is 0 Å². The topological polar surface area (TPSA) is 114 Å². The predicted octanol–water partition coefficient (Wildman–Crippen LogP) is 4.69. The normalized spacial score (nSPS) is 13.2. The number of amides is 3. The number of aldehydes is 1. The number of benzene rings is 3. The number of fused-ring (bicyclic) bond motifs is 1. The summed E-state index contributed by atoms with van der Waals surface area (Å²) in [5, 5.41) is 10.3. The molecule has 0 saturated carbocycles. The summed E-state index contributed by atoms with van der Waals surface area (Å²) in [5.41, 5.74) is 1.69. The molecule has 0 heterocycles. The molecule has 3 N–H and O–H groups in total. The number of carbonyl (C=O) groups is 4. The second-order valence-corrected chi connectivity index (χ2v) is 10.3. The lowest BCUT2D eigenvalue weighted by molar-refractivity contribution is -0.131. The molecule has 0 radical (unpaired) electrons. The Morgan fingerprint density at radius 1 is 0.825 bits per heavy atom. The molecule has 0 spiro atoms. The van der Waals surface area contributed by atoms with Crippen molar-refractivity contribution in [2.75, 3.05) is 0 Å². The molecule has 3 rings (SSSR count). The van der Waals surface area contributed by atoms with Gasteiger partial charge in [-0.2, -0.15) is 0 Å². The van der Waals surface area contributed by atoms with E-state index in [1.54, 1.807) is 0 Å². The minimum absolute atomic E-state index is 0.0537. The van der Waals surface area contributed by atoms with Crippen molar-refractivity contribution in [2.45, 2.75) is 71.2 Å². The number of carbonyl (C=O) groups excluding carboxylic acids is 4. The van der Waals surface area contributed by atoms with Crippen LogP contribution in [0.3, 0.4) is 0 Å². The Hall–Kier alpha value is -4.20. The van der Waals surface area contributed by atoms with Gasteiger partial charge in [0, 0.05) is 6.42 Å². The summed E-state index contributed by atoms with van der Waals surface area (Å²) < 4.78 is 5.40. The summed E-state index contributed by atoms with van der Waals surface area (Å²) in [4.78, 5) is 51.0. The van der Waals surface area contributed by atoms with E-state index >= 15 is 0 Å². The van der Waals surface area contributed by atoms with Crippen LogP contribution in [0.5, 0.6) is 0 Å². The van der Waals surface area contributed by atoms with Crippen molar-refractivity contribution in [3.05, 3.63) is 83.9 Å². The van der Waals surface area contributed by atoms with Crippen molar-refractivity contribution >= 4 is 35.0 Å². The van der Waals surface area contributed by atoms with Gasteiger partial charge in [-0.15, -0.1) is 0 Å². The van der Waals surface area contributed by atoms with E-state index in [2.05, 4.69) is 16.0 Å². The Balaban J connectivity index is 1.81. The van der Waals surface area contributed by atoms with Crippen LogP contribution >= 0.6 is 0 Å². The maximum Gasteiger partial charge on any atom is 0.408 e. The van der Waals surface area contributed by atoms with E-state index < -0.39 is 36.0 Å². The SMILES string of the molecule is CCCC(C=O)NC(=O)C(CC(C)C)NC(=O)C(Cc1cccc2ccccc12)NC(=O)OCc1ccccc1. The predicted molar refractivity (Wildman–Crippen MR) is 155 cm³/mol. The smallest absolute Gasteiger partial charge is 0.408 e. The highest BCUT2D eigenvalue weighted by molar-refractivity contribution is 5.93. The molecular weight excluding hydrogens is 506 g/mol. The zero-order valence-corrected chi connectivity index (χ0v) is 23.4. The van der Waals surface area contributed by atoms with E-state index in [1.807, 2.05) is 93.6 Å². The third-order valence-corrected chi connectivity index (χ3v) is 6.56. The van der Waals surface area contributed by atoms with Gasteiger partial charge in [-0.05, 0) is 40.7 Å². The average molecular weight is 546 g/mol. The fraction of sp³-hybridized carbons (Fsp3) is 0.375. The first-order chi connectivity index (χ1) is 19.3. The highest BCUT2D eigenvalue weighted by Crippen LogP contribution is 2.20. The van der Waals surface area contributed by atoms with Gasteiger partial charge in [0.05, 0.1) is 6.04 Å². The number of alkyl carbamates (subject to hydrolysis) is 1. The minimum Gasteiger partial charge on any atom is -0.445 e. The minimum atomic E-state index is -1.01. The maximum atomic E-state index is 13.6. The van der Waals surface area contributed by atoms with Crippen molar-refractivity contribution in [3.63, 3.8) is 0 Å². The summed E-state index contributed by atoms with van der Waals surface area (Å²) >= 11 is 0. The quantitative estimate of drug-likeness (QED) is 0.254. The van der Waals surface area contributed by atoms with Crippen LogP contribution in [-0.4, -0.2) is 42.3 Å². The van der Waals surface area contributed by atoms with Crippen LogP contribution in [-0.2, 0) is 32.1 Å². The summed E-state index contributed by atoms with van der Waals surface area (Å²) in [6.45, 7) is 5.87. The van der Waals surface area contributed by atoms with Crippen LogP contribution in [0.15, 0.2) is 72.8 Å². The molecule has 0 saturated heterocycles. The Bertz CT molecular complexity index is 1270. The van der Waals surface area contributed by atoms with E-state index in [0.29, 0.717) is 19.1 Å². The van der Waals surface area contributed by atoms with E-state index in [0.717, 1.165) is 28.3 Å². The first kappa shape index (κ1) is 30.3. The lowest BCUT2D eigenvalue weighted by atomic mass is 9.97. The third-order valence-electron chi connectivity index (χ3n) is 6.56. The highest BCUT2D eigenvalue weighted by atomic mass is 16.5. The Kier molecular flexibility index (Phi) is 11.7. The van der Waals surface area contributed by atoms with Gasteiger partial charge < -0.3 is 25.5 Å². The van der Waals surface area contributed by atoms with Crippen molar-refractivity contribution < 1.29 is 23.9 Å². The van der Waals surface area contributed by atoms with Crippen LogP contribution in [0.4, 0.5) is 4.79 Å². The fourth-order valence-electron chi connectivity index (χ4n) is 4.55. The van der Waals surface area contributed by atoms with Crippen LogP contribution in [0.1, 0.15) is 51.2 Å². The Morgan fingerprint density at radius 3 is 2.20 bits per heavy atom. The molecule has 0 fully saturated rings. The zero-order valence-electron chi connectivity index (χ0n) is 23.4. The Morgan fingerprint density at radius 2 is 1.50 bits per heavy atom. The number of ether oxygens (including phenoxy) is 1. The van der Waals surface area contributed by atoms with Gasteiger partial charge in [-0.25, -0.2) is 4.79 Å². The highest BCUT2D eigenvalue weighted by Gasteiger charge is 2.29. The maximum absolute atomic E-state index is 13.6. The molecule has 0 aliphatic carbocycles. The van der Waals surface area contributed by atoms with Gasteiger partial charge >= 0.3 is 6.09 Å². The van der Waals surface area contributed by atoms with Crippen LogP contribution in [0.2, 0.25) is 0 Å². The number of hydrogen-bond donors (Lipinski definition) is 3. The van der Waals surface area contributed by atoms with Gasteiger partial charge in [-0.1, -0.05) is 100.0 Å². The van der Waals surface area contributed by atoms with Crippen LogP contribution in [0.25, 0.3) is 10.8 Å². The molecular formula is C32H39N3O5. The molecule has 40 heavy (non-hydrogen) atoms. The van der Waals surface area contributed by atoms with Crippen LogP contribution in [0, 0.1) is 5.92 Å². The molecule has 3 atom stereocenters. The standard InChI is InChI=1S/C32H39N3O5/c1-4-11-26(20-36)33-30(37)28(18-22(2)3)34-31(38)29(35-32(39)40-21-23-12-6-5-7-13-23)19-25-16-10-15-24-14-8-9-17-27(24)25/h5-10,12-17,20,22,26,28-29H,4,11,18-19,21H2,1-3H3,(H,33,37)(H,34,38)(H,35,39). The van der Waals surface area contributed by atoms with E-state index in [-0.39, 0.29) is 18.9 Å². The lowest BCUT2D eigenvalue weighted by Gasteiger charge is -2.25. The second-order valence-electron chi connectivity index (χ2n) is 10.3. The summed E-state index contributed by atoms with van der Waals surface area (Å²) in [6, 6.07) is 20.4. The average Bonchev–Trinajstić information content (AvgIpc) is 2.95. The fourth-order valence-corrected chi connectivity index (χ4v) is 4.55. The lowest BCUT2D eigenvalue weighted by Crippen LogP contribution is -2.56. The monoisotopic (exact) mass is 545 g/mol. The molecule has 212 valence electrons. The molecule has 0 aliphatic heterocycles. The first-order valence-electron chi connectivity index (χ1n) is 13.8. The van der Waals surface area contributed by atoms with Gasteiger partial charge in [0.15, 0.2) is 0 Å². The number of nitrogens with one attached hydrogen (secondary N) is 3. The first-order valence-corrected chi connectivity index (χ1v) is 13.8. The third kappa shape index (κ3) is 9.22. The molecule has 3 aromatic carbocycles. The van der Waals surface area contributed by atoms with E-state index in [4.69, 9.17) is 4.74 Å². The zero-order chi connectivity index (χ0) is 28.9.